The van der Waals surface area contributed by atoms with E-state index in [-0.39, 0.29) is 11.6 Å². The molecule has 68 valence electrons. The summed E-state index contributed by atoms with van der Waals surface area (Å²) in [6, 6.07) is 1.48. The molecule has 6 heteroatoms. The molecule has 0 aromatic carbocycles. The Bertz CT molecular complexity index is 330. The summed E-state index contributed by atoms with van der Waals surface area (Å²) in [6.45, 7) is 0. The highest BCUT2D eigenvalue weighted by Gasteiger charge is 2.15. The van der Waals surface area contributed by atoms with E-state index in [9.17, 15) is 10.1 Å². The normalized spacial score (nSPS) is 9.62. The molecule has 1 rings (SSSR count). The number of methoxy groups -OCH3 is 1. The fraction of sp³-hybridized carbons (Fsp3) is 0.286. The highest BCUT2D eigenvalue weighted by Crippen LogP contribution is 2.24. The van der Waals surface area contributed by atoms with Gasteiger partial charge in [-0.2, -0.15) is 0 Å². The molecule has 0 amide bonds. The van der Waals surface area contributed by atoms with E-state index in [1.807, 2.05) is 7.85 Å². The monoisotopic (exact) mass is 180 g/mol. The topological polar surface area (TPSA) is 65.3 Å². The zero-order valence-electron chi connectivity index (χ0n) is 7.48. The molecule has 0 spiro atoms. The zero-order chi connectivity index (χ0) is 9.84. The Labute approximate surface area is 76.3 Å². The third-order valence-electron chi connectivity index (χ3n) is 1.69. The Hall–Kier alpha value is -1.59. The summed E-state index contributed by atoms with van der Waals surface area (Å²) in [5.74, 6) is 0.0576. The maximum atomic E-state index is 10.5. The molecule has 0 aliphatic heterocycles. The molecule has 1 heterocycles. The molecule has 0 N–H and O–H groups in total. The van der Waals surface area contributed by atoms with Crippen LogP contribution in [-0.4, -0.2) is 24.9 Å². The van der Waals surface area contributed by atoms with Crippen LogP contribution in [-0.2, 0) is 6.32 Å². The van der Waals surface area contributed by atoms with Gasteiger partial charge in [0.05, 0.1) is 12.0 Å². The Kier molecular flexibility index (Phi) is 2.84. The lowest BCUT2D eigenvalue weighted by Crippen LogP contribution is -1.98. The first-order valence-electron chi connectivity index (χ1n) is 3.86. The predicted molar refractivity (Wildman–Crippen MR) is 49.7 cm³/mol. The number of aromatic nitrogens is 1. The van der Waals surface area contributed by atoms with Gasteiger partial charge >= 0.3 is 5.69 Å². The number of rotatable bonds is 3. The summed E-state index contributed by atoms with van der Waals surface area (Å²) in [7, 11) is 3.27. The lowest BCUT2D eigenvalue weighted by Gasteiger charge is -2.01. The summed E-state index contributed by atoms with van der Waals surface area (Å²) in [6.07, 6.45) is 2.30. The minimum absolute atomic E-state index is 0.0576. The summed E-state index contributed by atoms with van der Waals surface area (Å²) in [5.41, 5.74) is 0.745. The standard InChI is InChI=1S/C7H9BN2O3/c1-13-7-6(10(11)12)2-5(3-8)4-9-7/h2,4H,3,8H2,1H3. The van der Waals surface area contributed by atoms with E-state index in [2.05, 4.69) is 4.98 Å². The number of nitrogens with zero attached hydrogens (tertiary/aromatic N) is 2. The minimum atomic E-state index is -0.495. The van der Waals surface area contributed by atoms with Crippen LogP contribution in [0.15, 0.2) is 12.3 Å². The van der Waals surface area contributed by atoms with Crippen LogP contribution in [0.5, 0.6) is 5.88 Å². The second-order valence-electron chi connectivity index (χ2n) is 2.48. The highest BCUT2D eigenvalue weighted by atomic mass is 16.6. The van der Waals surface area contributed by atoms with Crippen molar-refractivity contribution in [3.8, 4) is 5.88 Å². The van der Waals surface area contributed by atoms with Crippen LogP contribution >= 0.6 is 0 Å². The number of nitro groups is 1. The van der Waals surface area contributed by atoms with Crippen molar-refractivity contribution in [2.24, 2.45) is 0 Å². The Balaban J connectivity index is 3.18. The van der Waals surface area contributed by atoms with Crippen LogP contribution in [0.2, 0.25) is 0 Å². The first-order chi connectivity index (χ1) is 6.19. The number of pyridine rings is 1. The molecule has 0 aliphatic carbocycles. The van der Waals surface area contributed by atoms with Crippen molar-refractivity contribution < 1.29 is 9.66 Å². The molecular formula is C7H9BN2O3. The highest BCUT2D eigenvalue weighted by molar-refractivity contribution is 6.08. The number of hydrogen-bond acceptors (Lipinski definition) is 4. The van der Waals surface area contributed by atoms with Crippen LogP contribution in [0, 0.1) is 10.1 Å². The second kappa shape index (κ2) is 3.89. The average molecular weight is 180 g/mol. The molecule has 0 atom stereocenters. The third kappa shape index (κ3) is 1.96. The molecule has 0 saturated heterocycles. The van der Waals surface area contributed by atoms with Crippen LogP contribution in [0.4, 0.5) is 5.69 Å². The van der Waals surface area contributed by atoms with Crippen molar-refractivity contribution in [3.63, 3.8) is 0 Å². The molecule has 0 aliphatic rings. The van der Waals surface area contributed by atoms with Gasteiger partial charge in [0.25, 0.3) is 5.88 Å². The SMILES string of the molecule is BCc1cnc(OC)c([N+](=O)[O-])c1. The Morgan fingerprint density at radius 2 is 2.46 bits per heavy atom. The molecular weight excluding hydrogens is 171 g/mol. The molecule has 1 aromatic heterocycles. The van der Waals surface area contributed by atoms with E-state index < -0.39 is 4.92 Å². The largest absolute Gasteiger partial charge is 0.476 e. The molecule has 1 aromatic rings. The van der Waals surface area contributed by atoms with Crippen molar-refractivity contribution in [2.75, 3.05) is 7.11 Å². The van der Waals surface area contributed by atoms with E-state index >= 15 is 0 Å². The third-order valence-corrected chi connectivity index (χ3v) is 1.69. The van der Waals surface area contributed by atoms with Gasteiger partial charge in [-0.1, -0.05) is 6.32 Å². The number of hydrogen-bond donors (Lipinski definition) is 0. The lowest BCUT2D eigenvalue weighted by atomic mass is 9.98. The van der Waals surface area contributed by atoms with Crippen molar-refractivity contribution in [2.45, 2.75) is 6.32 Å². The first-order valence-corrected chi connectivity index (χ1v) is 3.86. The van der Waals surface area contributed by atoms with E-state index in [4.69, 9.17) is 4.74 Å². The van der Waals surface area contributed by atoms with Crippen molar-refractivity contribution in [1.82, 2.24) is 4.98 Å². The lowest BCUT2D eigenvalue weighted by molar-refractivity contribution is -0.386. The molecule has 0 fully saturated rings. The van der Waals surface area contributed by atoms with Gasteiger partial charge in [-0.05, 0) is 5.56 Å². The zero-order valence-corrected chi connectivity index (χ0v) is 7.48. The van der Waals surface area contributed by atoms with Gasteiger partial charge in [0, 0.05) is 12.3 Å². The smallest absolute Gasteiger partial charge is 0.331 e. The second-order valence-corrected chi connectivity index (χ2v) is 2.48. The summed E-state index contributed by atoms with van der Waals surface area (Å²) in [5, 5.41) is 10.5. The maximum Gasteiger partial charge on any atom is 0.331 e. The summed E-state index contributed by atoms with van der Waals surface area (Å²) < 4.78 is 4.75. The van der Waals surface area contributed by atoms with Crippen LogP contribution in [0.1, 0.15) is 5.56 Å². The molecule has 0 unspecified atom stereocenters. The van der Waals surface area contributed by atoms with Crippen molar-refractivity contribution in [3.05, 3.63) is 27.9 Å². The van der Waals surface area contributed by atoms with Gasteiger partial charge in [0.1, 0.15) is 7.85 Å². The average Bonchev–Trinajstić information content (AvgIpc) is 2.16. The summed E-state index contributed by atoms with van der Waals surface area (Å²) in [4.78, 5) is 13.9. The van der Waals surface area contributed by atoms with E-state index in [1.54, 1.807) is 6.20 Å². The van der Waals surface area contributed by atoms with Gasteiger partial charge in [0.2, 0.25) is 0 Å². The summed E-state index contributed by atoms with van der Waals surface area (Å²) >= 11 is 0. The van der Waals surface area contributed by atoms with Crippen molar-refractivity contribution in [1.29, 1.82) is 0 Å². The quantitative estimate of drug-likeness (QED) is 0.376. The Morgan fingerprint density at radius 3 is 2.92 bits per heavy atom. The fourth-order valence-electron chi connectivity index (χ4n) is 0.964. The van der Waals surface area contributed by atoms with Gasteiger partial charge in [-0.3, -0.25) is 10.1 Å². The van der Waals surface area contributed by atoms with Gasteiger partial charge < -0.3 is 4.74 Å². The van der Waals surface area contributed by atoms with E-state index in [1.165, 1.54) is 13.2 Å². The van der Waals surface area contributed by atoms with Crippen molar-refractivity contribution >= 4 is 13.5 Å². The van der Waals surface area contributed by atoms with Gasteiger partial charge in [-0.25, -0.2) is 4.98 Å². The molecule has 0 saturated carbocycles. The maximum absolute atomic E-state index is 10.5. The molecule has 13 heavy (non-hydrogen) atoms. The van der Waals surface area contributed by atoms with Gasteiger partial charge in [-0.15, -0.1) is 0 Å². The molecule has 0 radical (unpaired) electrons. The fourth-order valence-corrected chi connectivity index (χ4v) is 0.964. The first kappa shape index (κ1) is 9.50. The van der Waals surface area contributed by atoms with E-state index in [0.29, 0.717) is 0 Å². The molecule has 5 nitrogen and oxygen atoms in total. The van der Waals surface area contributed by atoms with Crippen LogP contribution in [0.3, 0.4) is 0 Å². The van der Waals surface area contributed by atoms with Crippen LogP contribution < -0.4 is 4.74 Å². The predicted octanol–water partition coefficient (Wildman–Crippen LogP) is 0.131. The minimum Gasteiger partial charge on any atom is -0.476 e. The number of ether oxygens (including phenoxy) is 1. The Morgan fingerprint density at radius 1 is 1.77 bits per heavy atom. The molecule has 0 bridgehead atoms. The van der Waals surface area contributed by atoms with E-state index in [0.717, 1.165) is 11.9 Å². The van der Waals surface area contributed by atoms with Crippen LogP contribution in [0.25, 0.3) is 0 Å². The van der Waals surface area contributed by atoms with Gasteiger partial charge in [0.15, 0.2) is 0 Å².